The van der Waals surface area contributed by atoms with Gasteiger partial charge in [-0.25, -0.2) is 0 Å². The summed E-state index contributed by atoms with van der Waals surface area (Å²) in [7, 11) is 1.39. The molecule has 0 radical (unpaired) electrons. The highest BCUT2D eigenvalue weighted by Gasteiger charge is 2.68. The minimum atomic E-state index is -0.326. The van der Waals surface area contributed by atoms with E-state index in [1.807, 2.05) is 18.2 Å². The van der Waals surface area contributed by atoms with E-state index in [1.165, 1.54) is 7.11 Å². The van der Waals surface area contributed by atoms with Crippen LogP contribution in [0.5, 0.6) is 0 Å². The fourth-order valence-electron chi connectivity index (χ4n) is 4.26. The van der Waals surface area contributed by atoms with Crippen LogP contribution in [-0.4, -0.2) is 30.4 Å². The second kappa shape index (κ2) is 4.77. The first-order valence-corrected chi connectivity index (χ1v) is 8.08. The van der Waals surface area contributed by atoms with Gasteiger partial charge >= 0.3 is 11.9 Å². The predicted molar refractivity (Wildman–Crippen MR) is 76.6 cm³/mol. The number of methoxy groups -OCH3 is 1. The first-order chi connectivity index (χ1) is 10.2. The number of hydrogen-bond donors (Lipinski definition) is 0. The summed E-state index contributed by atoms with van der Waals surface area (Å²) < 4.78 is 10.5. The van der Waals surface area contributed by atoms with E-state index in [1.54, 1.807) is 11.8 Å². The maximum Gasteiger partial charge on any atom is 0.310 e. The van der Waals surface area contributed by atoms with Crippen molar-refractivity contribution in [3.05, 3.63) is 30.3 Å². The lowest BCUT2D eigenvalue weighted by Crippen LogP contribution is -2.39. The van der Waals surface area contributed by atoms with Gasteiger partial charge in [-0.1, -0.05) is 18.2 Å². The maximum absolute atomic E-state index is 12.1. The number of ether oxygens (including phenoxy) is 2. The van der Waals surface area contributed by atoms with Gasteiger partial charge in [-0.3, -0.25) is 9.59 Å². The van der Waals surface area contributed by atoms with Gasteiger partial charge in [0.05, 0.1) is 24.2 Å². The normalized spacial score (nSPS) is 39.4. The molecule has 0 spiro atoms. The molecular weight excluding hydrogens is 288 g/mol. The van der Waals surface area contributed by atoms with E-state index in [0.29, 0.717) is 0 Å². The van der Waals surface area contributed by atoms with Gasteiger partial charge in [-0.2, -0.15) is 0 Å². The highest BCUT2D eigenvalue weighted by Crippen LogP contribution is 2.61. The molecular formula is C16H16O4S. The van der Waals surface area contributed by atoms with E-state index in [4.69, 9.17) is 9.47 Å². The Hall–Kier alpha value is -1.49. The van der Waals surface area contributed by atoms with Crippen molar-refractivity contribution >= 4 is 23.7 Å². The average molecular weight is 304 g/mol. The molecule has 2 aliphatic carbocycles. The number of esters is 2. The van der Waals surface area contributed by atoms with Crippen molar-refractivity contribution in [1.29, 1.82) is 0 Å². The van der Waals surface area contributed by atoms with Crippen LogP contribution in [-0.2, 0) is 19.1 Å². The summed E-state index contributed by atoms with van der Waals surface area (Å²) in [6.45, 7) is 0. The van der Waals surface area contributed by atoms with Gasteiger partial charge in [0.25, 0.3) is 0 Å². The quantitative estimate of drug-likeness (QED) is 0.801. The Morgan fingerprint density at radius 2 is 2.05 bits per heavy atom. The van der Waals surface area contributed by atoms with Crippen LogP contribution in [0.2, 0.25) is 0 Å². The van der Waals surface area contributed by atoms with Crippen LogP contribution < -0.4 is 0 Å². The third kappa shape index (κ3) is 1.83. The first kappa shape index (κ1) is 13.2. The van der Waals surface area contributed by atoms with Crippen LogP contribution >= 0.6 is 11.8 Å². The molecule has 110 valence electrons. The van der Waals surface area contributed by atoms with E-state index in [2.05, 4.69) is 12.1 Å². The number of benzene rings is 1. The van der Waals surface area contributed by atoms with E-state index >= 15 is 0 Å². The highest BCUT2D eigenvalue weighted by molar-refractivity contribution is 8.00. The number of thioether (sulfide) groups is 1. The maximum atomic E-state index is 12.1. The van der Waals surface area contributed by atoms with Crippen LogP contribution in [0.4, 0.5) is 0 Å². The Balaban J connectivity index is 1.64. The third-order valence-corrected chi connectivity index (χ3v) is 6.47. The molecule has 1 aromatic rings. The Morgan fingerprint density at radius 3 is 2.76 bits per heavy atom. The largest absolute Gasteiger partial charge is 0.469 e. The highest BCUT2D eigenvalue weighted by atomic mass is 32.2. The van der Waals surface area contributed by atoms with E-state index in [9.17, 15) is 9.59 Å². The van der Waals surface area contributed by atoms with Gasteiger partial charge in [0.15, 0.2) is 0 Å². The summed E-state index contributed by atoms with van der Waals surface area (Å²) in [5.41, 5.74) is 0. The topological polar surface area (TPSA) is 52.6 Å². The first-order valence-electron chi connectivity index (χ1n) is 7.20. The van der Waals surface area contributed by atoms with Crippen molar-refractivity contribution in [2.24, 2.45) is 23.7 Å². The lowest BCUT2D eigenvalue weighted by molar-refractivity contribution is -0.153. The van der Waals surface area contributed by atoms with Gasteiger partial charge in [-0.05, 0) is 24.5 Å². The summed E-state index contributed by atoms with van der Waals surface area (Å²) in [6.07, 6.45) is 0.851. The smallest absolute Gasteiger partial charge is 0.310 e. The lowest BCUT2D eigenvalue weighted by Gasteiger charge is -2.29. The second-order valence-electron chi connectivity index (χ2n) is 5.94. The summed E-state index contributed by atoms with van der Waals surface area (Å²) in [6, 6.07) is 10.1. The number of fused-ring (bicyclic) bond motifs is 1. The minimum absolute atomic E-state index is 0.0430. The van der Waals surface area contributed by atoms with Crippen LogP contribution in [0.25, 0.3) is 0 Å². The van der Waals surface area contributed by atoms with Crippen molar-refractivity contribution in [2.75, 3.05) is 7.11 Å². The molecule has 1 aliphatic heterocycles. The zero-order valence-corrected chi connectivity index (χ0v) is 12.4. The van der Waals surface area contributed by atoms with Gasteiger partial charge in [-0.15, -0.1) is 11.8 Å². The molecule has 0 aromatic heterocycles. The molecule has 6 unspecified atom stereocenters. The minimum Gasteiger partial charge on any atom is -0.469 e. The van der Waals surface area contributed by atoms with Crippen molar-refractivity contribution < 1.29 is 19.1 Å². The number of rotatable bonds is 3. The van der Waals surface area contributed by atoms with Gasteiger partial charge in [0, 0.05) is 10.8 Å². The predicted octanol–water partition coefficient (Wildman–Crippen LogP) is 2.13. The van der Waals surface area contributed by atoms with Gasteiger partial charge in [0.2, 0.25) is 0 Å². The molecule has 3 fully saturated rings. The molecule has 1 heterocycles. The molecule has 5 heteroatoms. The average Bonchev–Trinajstić information content (AvgIpc) is 3.11. The number of carbonyl (C=O) groups is 2. The Labute approximate surface area is 127 Å². The molecule has 4 rings (SSSR count). The fraction of sp³-hybridized carbons (Fsp3) is 0.500. The Kier molecular flexibility index (Phi) is 2.99. The molecule has 0 amide bonds. The molecule has 4 nitrogen and oxygen atoms in total. The van der Waals surface area contributed by atoms with Crippen LogP contribution in [0.15, 0.2) is 35.2 Å². The molecule has 1 aromatic carbocycles. The molecule has 2 bridgehead atoms. The van der Waals surface area contributed by atoms with E-state index in [0.717, 1.165) is 11.3 Å². The molecule has 3 aliphatic rings. The molecule has 1 saturated heterocycles. The zero-order valence-electron chi connectivity index (χ0n) is 11.6. The lowest BCUT2D eigenvalue weighted by atomic mass is 9.80. The molecule has 2 saturated carbocycles. The second-order valence-corrected chi connectivity index (χ2v) is 7.19. The summed E-state index contributed by atoms with van der Waals surface area (Å²) in [4.78, 5) is 25.3. The Morgan fingerprint density at radius 1 is 1.29 bits per heavy atom. The van der Waals surface area contributed by atoms with Crippen LogP contribution in [0.1, 0.15) is 6.42 Å². The van der Waals surface area contributed by atoms with Crippen LogP contribution in [0, 0.1) is 23.7 Å². The molecule has 6 atom stereocenters. The zero-order chi connectivity index (χ0) is 14.6. The summed E-state index contributed by atoms with van der Waals surface area (Å²) in [5.74, 6) is -0.711. The monoisotopic (exact) mass is 304 g/mol. The van der Waals surface area contributed by atoms with Crippen molar-refractivity contribution in [3.8, 4) is 0 Å². The van der Waals surface area contributed by atoms with Gasteiger partial charge < -0.3 is 9.47 Å². The van der Waals surface area contributed by atoms with Crippen molar-refractivity contribution in [3.63, 3.8) is 0 Å². The molecule has 21 heavy (non-hydrogen) atoms. The van der Waals surface area contributed by atoms with E-state index < -0.39 is 0 Å². The van der Waals surface area contributed by atoms with Gasteiger partial charge in [0.1, 0.15) is 6.10 Å². The van der Waals surface area contributed by atoms with Crippen molar-refractivity contribution in [2.45, 2.75) is 22.7 Å². The molecule has 0 N–H and O–H groups in total. The Bertz CT molecular complexity index is 587. The number of hydrogen-bond acceptors (Lipinski definition) is 5. The van der Waals surface area contributed by atoms with Crippen LogP contribution in [0.3, 0.4) is 0 Å². The van der Waals surface area contributed by atoms with E-state index in [-0.39, 0.29) is 47.0 Å². The summed E-state index contributed by atoms with van der Waals surface area (Å²) >= 11 is 1.72. The van der Waals surface area contributed by atoms with Crippen molar-refractivity contribution in [1.82, 2.24) is 0 Å². The number of carbonyl (C=O) groups excluding carboxylic acids is 2. The third-order valence-electron chi connectivity index (χ3n) is 5.03. The standard InChI is InChI=1S/C16H16O4S/c1-19-15(17)12-10-7-9-11(12)16(18)20-13(9)14(10)21-8-5-3-2-4-6-8/h2-6,9-14H,7H2,1H3. The summed E-state index contributed by atoms with van der Waals surface area (Å²) in [5, 5.41) is 0.157. The SMILES string of the molecule is COC(=O)C1C2CC3C(OC(=O)C31)C2Sc1ccccc1. The fourth-order valence-corrected chi connectivity index (χ4v) is 5.74.